The lowest BCUT2D eigenvalue weighted by Gasteiger charge is -2.20. The molecule has 2 aromatic rings. The highest BCUT2D eigenvalue weighted by Gasteiger charge is 2.34. The number of aromatic nitrogens is 2. The van der Waals surface area contributed by atoms with E-state index < -0.39 is 11.9 Å². The molecule has 1 amide bonds. The predicted octanol–water partition coefficient (Wildman–Crippen LogP) is 2.72. The number of carbonyl (C=O) groups is 2. The molecular formula is C19H23N3O3. The van der Waals surface area contributed by atoms with Crippen LogP contribution in [0.25, 0.3) is 5.69 Å². The first-order chi connectivity index (χ1) is 11.8. The summed E-state index contributed by atoms with van der Waals surface area (Å²) in [6.45, 7) is 6.78. The first-order valence-electron chi connectivity index (χ1n) is 8.45. The van der Waals surface area contributed by atoms with Crippen molar-refractivity contribution < 1.29 is 14.7 Å². The fraction of sp³-hybridized carbons (Fsp3) is 0.421. The van der Waals surface area contributed by atoms with E-state index in [9.17, 15) is 9.59 Å². The second kappa shape index (κ2) is 6.35. The van der Waals surface area contributed by atoms with Crippen LogP contribution in [0.4, 0.5) is 0 Å². The lowest BCUT2D eigenvalue weighted by Crippen LogP contribution is -2.31. The fourth-order valence-electron chi connectivity index (χ4n) is 3.11. The van der Waals surface area contributed by atoms with Crippen molar-refractivity contribution in [1.82, 2.24) is 14.7 Å². The normalized spacial score (nSPS) is 17.7. The third kappa shape index (κ3) is 3.43. The molecule has 1 aromatic heterocycles. The van der Waals surface area contributed by atoms with E-state index in [4.69, 9.17) is 5.11 Å². The van der Waals surface area contributed by atoms with Gasteiger partial charge in [0.25, 0.3) is 5.91 Å². The first kappa shape index (κ1) is 17.2. The minimum atomic E-state index is -0.841. The molecule has 3 rings (SSSR count). The van der Waals surface area contributed by atoms with Gasteiger partial charge in [-0.1, -0.05) is 39.0 Å². The number of likely N-dealkylation sites (tertiary alicyclic amines) is 1. The average molecular weight is 341 g/mol. The number of carboxylic acids is 1. The van der Waals surface area contributed by atoms with Gasteiger partial charge in [-0.25, -0.2) is 4.68 Å². The van der Waals surface area contributed by atoms with E-state index >= 15 is 0 Å². The summed E-state index contributed by atoms with van der Waals surface area (Å²) in [7, 11) is 0. The van der Waals surface area contributed by atoms with Gasteiger partial charge in [-0.05, 0) is 18.6 Å². The van der Waals surface area contributed by atoms with E-state index in [2.05, 4.69) is 5.10 Å². The number of para-hydroxylation sites is 1. The molecule has 0 radical (unpaired) electrons. The molecule has 2 heterocycles. The van der Waals surface area contributed by atoms with E-state index in [0.717, 1.165) is 11.4 Å². The van der Waals surface area contributed by atoms with Crippen LogP contribution in [-0.4, -0.2) is 44.8 Å². The molecule has 1 fully saturated rings. The van der Waals surface area contributed by atoms with Crippen LogP contribution >= 0.6 is 0 Å². The second-order valence-electron chi connectivity index (χ2n) is 7.50. The smallest absolute Gasteiger partial charge is 0.308 e. The molecule has 0 saturated carbocycles. The van der Waals surface area contributed by atoms with Crippen LogP contribution in [0.3, 0.4) is 0 Å². The molecule has 6 heteroatoms. The monoisotopic (exact) mass is 341 g/mol. The van der Waals surface area contributed by atoms with Crippen LogP contribution < -0.4 is 0 Å². The number of aliphatic carboxylic acids is 1. The van der Waals surface area contributed by atoms with Crippen molar-refractivity contribution in [3.8, 4) is 5.69 Å². The molecular weight excluding hydrogens is 318 g/mol. The number of carbonyl (C=O) groups excluding carboxylic acids is 1. The fourth-order valence-corrected chi connectivity index (χ4v) is 3.11. The standard InChI is InChI=1S/C19H23N3O3/c1-19(2,3)16-15(12-22(20-16)14-7-5-4-6-8-14)17(23)21-10-9-13(11-21)18(24)25/h4-8,12-13H,9-11H2,1-3H3,(H,24,25). The van der Waals surface area contributed by atoms with Crippen molar-refractivity contribution in [3.05, 3.63) is 47.8 Å². The zero-order valence-electron chi connectivity index (χ0n) is 14.8. The molecule has 1 aliphatic rings. The van der Waals surface area contributed by atoms with Gasteiger partial charge < -0.3 is 10.0 Å². The lowest BCUT2D eigenvalue weighted by molar-refractivity contribution is -0.141. The summed E-state index contributed by atoms with van der Waals surface area (Å²) < 4.78 is 1.72. The minimum Gasteiger partial charge on any atom is -0.481 e. The van der Waals surface area contributed by atoms with Crippen LogP contribution in [0.15, 0.2) is 36.5 Å². The maximum atomic E-state index is 13.0. The Morgan fingerprint density at radius 3 is 2.44 bits per heavy atom. The molecule has 1 N–H and O–H groups in total. The van der Waals surface area contributed by atoms with Crippen molar-refractivity contribution in [2.75, 3.05) is 13.1 Å². The van der Waals surface area contributed by atoms with Gasteiger partial charge in [-0.15, -0.1) is 0 Å². The van der Waals surface area contributed by atoms with Gasteiger partial charge in [-0.2, -0.15) is 5.10 Å². The molecule has 1 aromatic carbocycles. The van der Waals surface area contributed by atoms with Crippen molar-refractivity contribution in [3.63, 3.8) is 0 Å². The lowest BCUT2D eigenvalue weighted by atomic mass is 9.89. The zero-order valence-corrected chi connectivity index (χ0v) is 14.8. The van der Waals surface area contributed by atoms with Gasteiger partial charge >= 0.3 is 5.97 Å². The minimum absolute atomic E-state index is 0.143. The Kier molecular flexibility index (Phi) is 4.37. The summed E-state index contributed by atoms with van der Waals surface area (Å²) in [6, 6.07) is 9.65. The van der Waals surface area contributed by atoms with Gasteiger partial charge in [0.2, 0.25) is 0 Å². The van der Waals surface area contributed by atoms with Crippen LogP contribution in [0, 0.1) is 5.92 Å². The van der Waals surface area contributed by atoms with Gasteiger partial charge in [0.05, 0.1) is 22.9 Å². The SMILES string of the molecule is CC(C)(C)c1nn(-c2ccccc2)cc1C(=O)N1CCC(C(=O)O)C1. The van der Waals surface area contributed by atoms with Gasteiger partial charge in [0, 0.05) is 24.7 Å². The summed E-state index contributed by atoms with van der Waals surface area (Å²) in [5.41, 5.74) is 1.86. The van der Waals surface area contributed by atoms with Crippen molar-refractivity contribution in [2.24, 2.45) is 5.92 Å². The number of nitrogens with zero attached hydrogens (tertiary/aromatic N) is 3. The number of rotatable bonds is 3. The molecule has 0 spiro atoms. The molecule has 0 aliphatic carbocycles. The summed E-state index contributed by atoms with van der Waals surface area (Å²) in [5.74, 6) is -1.46. The summed E-state index contributed by atoms with van der Waals surface area (Å²) in [4.78, 5) is 25.8. The second-order valence-corrected chi connectivity index (χ2v) is 7.50. The van der Waals surface area contributed by atoms with E-state index in [1.54, 1.807) is 15.8 Å². The number of hydrogen-bond donors (Lipinski definition) is 1. The number of benzene rings is 1. The third-order valence-corrected chi connectivity index (χ3v) is 4.50. The van der Waals surface area contributed by atoms with Gasteiger partial charge in [0.15, 0.2) is 0 Å². The molecule has 132 valence electrons. The van der Waals surface area contributed by atoms with Crippen LogP contribution in [-0.2, 0) is 10.2 Å². The van der Waals surface area contributed by atoms with E-state index in [0.29, 0.717) is 18.5 Å². The molecule has 1 saturated heterocycles. The topological polar surface area (TPSA) is 75.4 Å². The van der Waals surface area contributed by atoms with Gasteiger partial charge in [0.1, 0.15) is 0 Å². The maximum absolute atomic E-state index is 13.0. The Bertz CT molecular complexity index is 790. The number of carboxylic acid groups (broad SMARTS) is 1. The molecule has 25 heavy (non-hydrogen) atoms. The predicted molar refractivity (Wildman–Crippen MR) is 93.9 cm³/mol. The Morgan fingerprint density at radius 2 is 1.88 bits per heavy atom. The quantitative estimate of drug-likeness (QED) is 0.931. The van der Waals surface area contributed by atoms with E-state index in [-0.39, 0.29) is 17.9 Å². The van der Waals surface area contributed by atoms with Crippen LogP contribution in [0.2, 0.25) is 0 Å². The van der Waals surface area contributed by atoms with Crippen LogP contribution in [0.5, 0.6) is 0 Å². The largest absolute Gasteiger partial charge is 0.481 e. The highest BCUT2D eigenvalue weighted by molar-refractivity contribution is 5.96. The Labute approximate surface area is 147 Å². The molecule has 1 atom stereocenters. The van der Waals surface area contributed by atoms with E-state index in [1.165, 1.54) is 0 Å². The first-order valence-corrected chi connectivity index (χ1v) is 8.45. The highest BCUT2D eigenvalue weighted by Crippen LogP contribution is 2.28. The Hall–Kier alpha value is -2.63. The molecule has 6 nitrogen and oxygen atoms in total. The molecule has 0 bridgehead atoms. The zero-order chi connectivity index (χ0) is 18.2. The van der Waals surface area contributed by atoms with Gasteiger partial charge in [-0.3, -0.25) is 9.59 Å². The summed E-state index contributed by atoms with van der Waals surface area (Å²) in [5, 5.41) is 13.8. The maximum Gasteiger partial charge on any atom is 0.308 e. The number of hydrogen-bond acceptors (Lipinski definition) is 3. The summed E-state index contributed by atoms with van der Waals surface area (Å²) in [6.07, 6.45) is 2.26. The van der Waals surface area contributed by atoms with Crippen LogP contribution in [0.1, 0.15) is 43.2 Å². The average Bonchev–Trinajstić information content (AvgIpc) is 3.22. The molecule has 1 aliphatic heterocycles. The molecule has 1 unspecified atom stereocenters. The van der Waals surface area contributed by atoms with Crippen molar-refractivity contribution >= 4 is 11.9 Å². The van der Waals surface area contributed by atoms with E-state index in [1.807, 2.05) is 51.1 Å². The number of amides is 1. The highest BCUT2D eigenvalue weighted by atomic mass is 16.4. The summed E-state index contributed by atoms with van der Waals surface area (Å²) >= 11 is 0. The Balaban J connectivity index is 1.96. The van der Waals surface area contributed by atoms with Crippen molar-refractivity contribution in [2.45, 2.75) is 32.6 Å². The Morgan fingerprint density at radius 1 is 1.20 bits per heavy atom. The third-order valence-electron chi connectivity index (χ3n) is 4.50. The van der Waals surface area contributed by atoms with Crippen molar-refractivity contribution in [1.29, 1.82) is 0 Å².